The molecule has 0 saturated carbocycles. The maximum atomic E-state index is 10.9. The predicted octanol–water partition coefficient (Wildman–Crippen LogP) is 2.71. The number of non-ortho nitro benzene ring substituents is 1. The normalized spacial score (nSPS) is 10.6. The molecule has 128 valence electrons. The van der Waals surface area contributed by atoms with Crippen LogP contribution in [0.5, 0.6) is 0 Å². The van der Waals surface area contributed by atoms with Gasteiger partial charge in [0.2, 0.25) is 5.89 Å². The Balaban J connectivity index is 1.76. The third kappa shape index (κ3) is 4.14. The van der Waals surface area contributed by atoms with E-state index in [1.165, 1.54) is 12.1 Å². The van der Waals surface area contributed by atoms with Gasteiger partial charge < -0.3 is 9.84 Å². The highest BCUT2D eigenvalue weighted by atomic mass is 16.6. The van der Waals surface area contributed by atoms with E-state index in [9.17, 15) is 10.1 Å². The summed E-state index contributed by atoms with van der Waals surface area (Å²) in [4.78, 5) is 23.4. The maximum absolute atomic E-state index is 10.9. The van der Waals surface area contributed by atoms with Gasteiger partial charge in [0.25, 0.3) is 5.69 Å². The minimum atomic E-state index is -0.440. The van der Waals surface area contributed by atoms with Crippen LogP contribution in [0.25, 0.3) is 11.4 Å². The van der Waals surface area contributed by atoms with Crippen molar-refractivity contribution in [2.75, 3.05) is 11.9 Å². The summed E-state index contributed by atoms with van der Waals surface area (Å²) in [5.74, 6) is 2.21. The molecular formula is C16H16N6O3. The molecule has 0 atom stereocenters. The number of aryl methyl sites for hydroxylation is 2. The Morgan fingerprint density at radius 3 is 2.76 bits per heavy atom. The van der Waals surface area contributed by atoms with Crippen molar-refractivity contribution >= 4 is 11.5 Å². The third-order valence-electron chi connectivity index (χ3n) is 3.38. The average Bonchev–Trinajstić information content (AvgIpc) is 3.00. The fourth-order valence-electron chi connectivity index (χ4n) is 2.29. The van der Waals surface area contributed by atoms with E-state index in [1.807, 2.05) is 6.92 Å². The lowest BCUT2D eigenvalue weighted by Crippen LogP contribution is -2.08. The largest absolute Gasteiger partial charge is 0.369 e. The molecular weight excluding hydrogens is 324 g/mol. The number of anilines is 1. The molecule has 0 spiro atoms. The Hall–Kier alpha value is -3.36. The van der Waals surface area contributed by atoms with Crippen LogP contribution in [0.3, 0.4) is 0 Å². The smallest absolute Gasteiger partial charge is 0.270 e. The second-order valence-electron chi connectivity index (χ2n) is 5.44. The van der Waals surface area contributed by atoms with Crippen molar-refractivity contribution in [2.24, 2.45) is 0 Å². The number of nitro groups is 1. The first-order chi connectivity index (χ1) is 12.0. The molecule has 0 aliphatic carbocycles. The second-order valence-corrected chi connectivity index (χ2v) is 5.44. The predicted molar refractivity (Wildman–Crippen MR) is 90.1 cm³/mol. The van der Waals surface area contributed by atoms with E-state index in [1.54, 1.807) is 25.1 Å². The standard InChI is InChI=1S/C16H16N6O3/c1-10-8-14(17-7-6-15-19-11(2)21-25-15)20-16(18-10)12-4-3-5-13(9-12)22(23)24/h3-5,8-9H,6-7H2,1-2H3,(H,17,18,20). The number of benzene rings is 1. The molecule has 25 heavy (non-hydrogen) atoms. The molecule has 0 aliphatic heterocycles. The highest BCUT2D eigenvalue weighted by Gasteiger charge is 2.11. The molecule has 1 aromatic carbocycles. The molecule has 2 aromatic heterocycles. The SMILES string of the molecule is Cc1cc(NCCc2nc(C)no2)nc(-c2cccc([N+](=O)[O-])c2)n1. The van der Waals surface area contributed by atoms with Gasteiger partial charge in [-0.1, -0.05) is 17.3 Å². The van der Waals surface area contributed by atoms with Gasteiger partial charge in [0.15, 0.2) is 11.6 Å². The molecule has 0 saturated heterocycles. The second kappa shape index (κ2) is 7.04. The summed E-state index contributed by atoms with van der Waals surface area (Å²) < 4.78 is 5.06. The monoisotopic (exact) mass is 340 g/mol. The lowest BCUT2D eigenvalue weighted by Gasteiger charge is -2.08. The summed E-state index contributed by atoms with van der Waals surface area (Å²) in [6, 6.07) is 8.06. The van der Waals surface area contributed by atoms with Crippen LogP contribution in [0.2, 0.25) is 0 Å². The molecule has 0 amide bonds. The van der Waals surface area contributed by atoms with Gasteiger partial charge in [-0.2, -0.15) is 4.98 Å². The van der Waals surface area contributed by atoms with E-state index in [-0.39, 0.29) is 5.69 Å². The summed E-state index contributed by atoms with van der Waals surface area (Å²) in [5.41, 5.74) is 1.35. The Labute approximate surface area is 143 Å². The van der Waals surface area contributed by atoms with E-state index in [0.717, 1.165) is 5.69 Å². The van der Waals surface area contributed by atoms with Crippen LogP contribution in [0.4, 0.5) is 11.5 Å². The van der Waals surface area contributed by atoms with Gasteiger partial charge >= 0.3 is 0 Å². The van der Waals surface area contributed by atoms with Gasteiger partial charge in [-0.25, -0.2) is 9.97 Å². The van der Waals surface area contributed by atoms with Crippen LogP contribution in [0.1, 0.15) is 17.4 Å². The Bertz CT molecular complexity index is 908. The first-order valence-electron chi connectivity index (χ1n) is 7.65. The number of hydrogen-bond acceptors (Lipinski definition) is 8. The molecule has 0 unspecified atom stereocenters. The average molecular weight is 340 g/mol. The molecule has 9 nitrogen and oxygen atoms in total. The van der Waals surface area contributed by atoms with Crippen molar-refractivity contribution in [1.29, 1.82) is 0 Å². The van der Waals surface area contributed by atoms with Crippen LogP contribution in [0, 0.1) is 24.0 Å². The van der Waals surface area contributed by atoms with Crippen LogP contribution in [0.15, 0.2) is 34.9 Å². The molecule has 0 radical (unpaired) electrons. The number of hydrogen-bond donors (Lipinski definition) is 1. The quantitative estimate of drug-likeness (QED) is 0.537. The van der Waals surface area contributed by atoms with Crippen LogP contribution in [-0.4, -0.2) is 31.6 Å². The van der Waals surface area contributed by atoms with Crippen LogP contribution >= 0.6 is 0 Å². The number of rotatable bonds is 6. The molecule has 3 rings (SSSR count). The lowest BCUT2D eigenvalue weighted by molar-refractivity contribution is -0.384. The summed E-state index contributed by atoms with van der Waals surface area (Å²) >= 11 is 0. The van der Waals surface area contributed by atoms with Crippen molar-refractivity contribution in [3.05, 3.63) is 57.9 Å². The zero-order chi connectivity index (χ0) is 17.8. The Morgan fingerprint density at radius 1 is 1.20 bits per heavy atom. The summed E-state index contributed by atoms with van der Waals surface area (Å²) in [6.45, 7) is 4.17. The van der Waals surface area contributed by atoms with E-state index in [2.05, 4.69) is 25.4 Å². The minimum Gasteiger partial charge on any atom is -0.369 e. The number of nitro benzene ring substituents is 1. The van der Waals surface area contributed by atoms with Crippen LogP contribution < -0.4 is 5.32 Å². The molecule has 2 heterocycles. The number of nitrogens with zero attached hydrogens (tertiary/aromatic N) is 5. The summed E-state index contributed by atoms with van der Waals surface area (Å²) in [6.07, 6.45) is 0.566. The minimum absolute atomic E-state index is 0.00359. The topological polar surface area (TPSA) is 120 Å². The highest BCUT2D eigenvalue weighted by molar-refractivity contribution is 5.61. The van der Waals surface area contributed by atoms with Crippen molar-refractivity contribution in [2.45, 2.75) is 20.3 Å². The van der Waals surface area contributed by atoms with E-state index < -0.39 is 4.92 Å². The van der Waals surface area contributed by atoms with E-state index >= 15 is 0 Å². The van der Waals surface area contributed by atoms with Gasteiger partial charge in [0.1, 0.15) is 5.82 Å². The van der Waals surface area contributed by atoms with Gasteiger partial charge in [-0.3, -0.25) is 10.1 Å². The van der Waals surface area contributed by atoms with Gasteiger partial charge in [-0.15, -0.1) is 0 Å². The number of nitrogens with one attached hydrogen (secondary N) is 1. The van der Waals surface area contributed by atoms with Gasteiger partial charge in [0, 0.05) is 42.4 Å². The van der Waals surface area contributed by atoms with Crippen molar-refractivity contribution in [1.82, 2.24) is 20.1 Å². The van der Waals surface area contributed by atoms with Crippen molar-refractivity contribution in [3.8, 4) is 11.4 Å². The summed E-state index contributed by atoms with van der Waals surface area (Å²) in [7, 11) is 0. The van der Waals surface area contributed by atoms with Gasteiger partial charge in [-0.05, 0) is 13.8 Å². The van der Waals surface area contributed by atoms with Crippen molar-refractivity contribution < 1.29 is 9.45 Å². The zero-order valence-corrected chi connectivity index (χ0v) is 13.8. The van der Waals surface area contributed by atoms with Crippen molar-refractivity contribution in [3.63, 3.8) is 0 Å². The molecule has 0 bridgehead atoms. The fourth-order valence-corrected chi connectivity index (χ4v) is 2.29. The lowest BCUT2D eigenvalue weighted by atomic mass is 10.2. The molecule has 0 fully saturated rings. The zero-order valence-electron chi connectivity index (χ0n) is 13.8. The summed E-state index contributed by atoms with van der Waals surface area (Å²) in [5, 5.41) is 17.8. The van der Waals surface area contributed by atoms with Crippen LogP contribution in [-0.2, 0) is 6.42 Å². The van der Waals surface area contributed by atoms with E-state index in [4.69, 9.17) is 4.52 Å². The Kier molecular flexibility index (Phi) is 4.64. The van der Waals surface area contributed by atoms with Gasteiger partial charge in [0.05, 0.1) is 4.92 Å². The third-order valence-corrected chi connectivity index (χ3v) is 3.38. The molecule has 3 aromatic rings. The first kappa shape index (κ1) is 16.5. The first-order valence-corrected chi connectivity index (χ1v) is 7.65. The van der Waals surface area contributed by atoms with E-state index in [0.29, 0.717) is 41.9 Å². The molecule has 0 aliphatic rings. The fraction of sp³-hybridized carbons (Fsp3) is 0.250. The highest BCUT2D eigenvalue weighted by Crippen LogP contribution is 2.22. The molecule has 9 heteroatoms. The Morgan fingerprint density at radius 2 is 2.04 bits per heavy atom. The molecule has 1 N–H and O–H groups in total. The maximum Gasteiger partial charge on any atom is 0.270 e. The number of aromatic nitrogens is 4.